The zero-order valence-electron chi connectivity index (χ0n) is 15.8. The fourth-order valence-electron chi connectivity index (χ4n) is 4.31. The average Bonchev–Trinajstić information content (AvgIpc) is 3.08. The van der Waals surface area contributed by atoms with E-state index in [4.69, 9.17) is 11.6 Å². The second-order valence-corrected chi connectivity index (χ2v) is 10.5. The third-order valence-corrected chi connectivity index (χ3v) is 8.03. The summed E-state index contributed by atoms with van der Waals surface area (Å²) in [6.45, 7) is 2.04. The lowest BCUT2D eigenvalue weighted by Crippen LogP contribution is -2.57. The summed E-state index contributed by atoms with van der Waals surface area (Å²) in [6, 6.07) is 0.120. The quantitative estimate of drug-likeness (QED) is 0.269. The number of likely N-dealkylation sites (N-methyl/N-ethyl adjacent to an activating group) is 1. The van der Waals surface area contributed by atoms with Crippen LogP contribution in [0.5, 0.6) is 0 Å². The Morgan fingerprint density at radius 2 is 2.07 bits per heavy atom. The standard InChI is InChI=1S/C16H29ClFN5O4S/c1-23-7-12(20-8-23)9-5-10(14(18)11(17)6-9)15(24)21-22-28(26,27)13-3-2-4-19-16(13)25/h9-14,16,19-20,22,25H,2-8H2,1H3,(H,21,24). The highest BCUT2D eigenvalue weighted by atomic mass is 35.5. The van der Waals surface area contributed by atoms with Crippen molar-refractivity contribution in [2.24, 2.45) is 11.8 Å². The van der Waals surface area contributed by atoms with Crippen LogP contribution in [0.1, 0.15) is 25.7 Å². The van der Waals surface area contributed by atoms with Gasteiger partial charge in [-0.2, -0.15) is 0 Å². The smallest absolute Gasteiger partial charge is 0.241 e. The molecule has 7 atom stereocenters. The number of aliphatic hydroxyl groups is 1. The van der Waals surface area contributed by atoms with Crippen LogP contribution in [0.4, 0.5) is 4.39 Å². The molecule has 0 bridgehead atoms. The van der Waals surface area contributed by atoms with E-state index in [1.54, 1.807) is 0 Å². The molecule has 0 radical (unpaired) electrons. The first-order valence-corrected chi connectivity index (χ1v) is 11.6. The number of sulfonamides is 1. The highest BCUT2D eigenvalue weighted by Crippen LogP contribution is 2.37. The van der Waals surface area contributed by atoms with Gasteiger partial charge in [-0.3, -0.25) is 25.8 Å². The summed E-state index contributed by atoms with van der Waals surface area (Å²) in [5.41, 5.74) is 2.14. The van der Waals surface area contributed by atoms with Gasteiger partial charge in [0.1, 0.15) is 17.6 Å². The number of piperidine rings is 1. The Morgan fingerprint density at radius 3 is 2.71 bits per heavy atom. The van der Waals surface area contributed by atoms with Crippen molar-refractivity contribution in [3.63, 3.8) is 0 Å². The summed E-state index contributed by atoms with van der Waals surface area (Å²) in [7, 11) is -2.03. The van der Waals surface area contributed by atoms with E-state index in [1.807, 2.05) is 11.9 Å². The van der Waals surface area contributed by atoms with Crippen molar-refractivity contribution < 1.29 is 22.7 Å². The van der Waals surface area contributed by atoms with E-state index in [1.165, 1.54) is 0 Å². The lowest BCUT2D eigenvalue weighted by molar-refractivity contribution is -0.129. The molecule has 2 heterocycles. The molecule has 1 amide bonds. The van der Waals surface area contributed by atoms with Gasteiger partial charge in [-0.25, -0.2) is 12.8 Å². The first-order valence-electron chi connectivity index (χ1n) is 9.61. The van der Waals surface area contributed by atoms with Gasteiger partial charge >= 0.3 is 0 Å². The molecule has 5 N–H and O–H groups in total. The van der Waals surface area contributed by atoms with E-state index in [0.29, 0.717) is 19.4 Å². The fraction of sp³-hybridized carbons (Fsp3) is 0.938. The van der Waals surface area contributed by atoms with Crippen LogP contribution in [0.15, 0.2) is 0 Å². The normalized spacial score (nSPS) is 40.4. The minimum Gasteiger partial charge on any atom is -0.377 e. The number of carbonyl (C=O) groups excluding carboxylic acids is 1. The number of hydrogen-bond acceptors (Lipinski definition) is 7. The second-order valence-electron chi connectivity index (χ2n) is 8.02. The molecule has 1 aliphatic carbocycles. The van der Waals surface area contributed by atoms with Crippen molar-refractivity contribution in [1.29, 1.82) is 0 Å². The van der Waals surface area contributed by atoms with Crippen molar-refractivity contribution in [1.82, 2.24) is 25.8 Å². The highest BCUT2D eigenvalue weighted by molar-refractivity contribution is 7.90. The molecule has 9 nitrogen and oxygen atoms in total. The molecule has 3 fully saturated rings. The van der Waals surface area contributed by atoms with Crippen LogP contribution in [-0.2, 0) is 14.8 Å². The van der Waals surface area contributed by atoms with Crippen molar-refractivity contribution in [2.45, 2.75) is 54.8 Å². The molecular weight excluding hydrogens is 413 g/mol. The third kappa shape index (κ3) is 4.94. The average molecular weight is 442 g/mol. The number of alkyl halides is 2. The zero-order chi connectivity index (χ0) is 20.5. The minimum absolute atomic E-state index is 0.0242. The number of halogens is 2. The van der Waals surface area contributed by atoms with Crippen LogP contribution < -0.4 is 20.9 Å². The monoisotopic (exact) mass is 441 g/mol. The van der Waals surface area contributed by atoms with E-state index in [2.05, 4.69) is 21.0 Å². The number of amides is 1. The molecular formula is C16H29ClFN5O4S. The predicted molar refractivity (Wildman–Crippen MR) is 102 cm³/mol. The molecule has 0 aromatic rings. The summed E-state index contributed by atoms with van der Waals surface area (Å²) < 4.78 is 39.4. The maximum absolute atomic E-state index is 14.6. The first-order chi connectivity index (χ1) is 13.2. The Labute approximate surface area is 169 Å². The van der Waals surface area contributed by atoms with Gasteiger partial charge in [-0.15, -0.1) is 16.4 Å². The summed E-state index contributed by atoms with van der Waals surface area (Å²) in [6.07, 6.45) is -1.16. The Morgan fingerprint density at radius 1 is 1.32 bits per heavy atom. The molecule has 1 saturated carbocycles. The summed E-state index contributed by atoms with van der Waals surface area (Å²) >= 11 is 6.17. The third-order valence-electron chi connectivity index (χ3n) is 5.94. The molecule has 0 spiro atoms. The van der Waals surface area contributed by atoms with Crippen LogP contribution in [0.3, 0.4) is 0 Å². The Bertz CT molecular complexity index is 671. The largest absolute Gasteiger partial charge is 0.377 e. The predicted octanol–water partition coefficient (Wildman–Crippen LogP) is -1.16. The van der Waals surface area contributed by atoms with Crippen LogP contribution in [0.2, 0.25) is 0 Å². The van der Waals surface area contributed by atoms with E-state index in [-0.39, 0.29) is 24.8 Å². The van der Waals surface area contributed by atoms with Gasteiger partial charge in [-0.1, -0.05) is 0 Å². The van der Waals surface area contributed by atoms with Gasteiger partial charge < -0.3 is 5.11 Å². The van der Waals surface area contributed by atoms with E-state index in [0.717, 1.165) is 13.2 Å². The lowest BCUT2D eigenvalue weighted by atomic mass is 9.76. The van der Waals surface area contributed by atoms with E-state index >= 15 is 0 Å². The zero-order valence-corrected chi connectivity index (χ0v) is 17.3. The van der Waals surface area contributed by atoms with Crippen molar-refractivity contribution in [3.8, 4) is 0 Å². The van der Waals surface area contributed by atoms with E-state index < -0.39 is 44.9 Å². The lowest BCUT2D eigenvalue weighted by Gasteiger charge is -2.37. The summed E-state index contributed by atoms with van der Waals surface area (Å²) in [4.78, 5) is 16.7. The van der Waals surface area contributed by atoms with Gasteiger partial charge in [0.05, 0.1) is 11.3 Å². The Kier molecular flexibility index (Phi) is 7.17. The van der Waals surface area contributed by atoms with E-state index in [9.17, 15) is 22.7 Å². The maximum atomic E-state index is 14.6. The first kappa shape index (κ1) is 22.1. The number of carbonyl (C=O) groups is 1. The molecule has 28 heavy (non-hydrogen) atoms. The maximum Gasteiger partial charge on any atom is 0.241 e. The van der Waals surface area contributed by atoms with Crippen LogP contribution in [0, 0.1) is 11.8 Å². The Hall–Kier alpha value is -0.560. The van der Waals surface area contributed by atoms with Crippen molar-refractivity contribution >= 4 is 27.5 Å². The van der Waals surface area contributed by atoms with Gasteiger partial charge in [0, 0.05) is 19.3 Å². The van der Waals surface area contributed by atoms with Gasteiger partial charge in [0.15, 0.2) is 0 Å². The molecule has 3 aliphatic rings. The van der Waals surface area contributed by atoms with Crippen LogP contribution in [0.25, 0.3) is 0 Å². The van der Waals surface area contributed by atoms with Crippen molar-refractivity contribution in [2.75, 3.05) is 26.8 Å². The molecule has 162 valence electrons. The second kappa shape index (κ2) is 9.07. The molecule has 2 saturated heterocycles. The molecule has 12 heteroatoms. The highest BCUT2D eigenvalue weighted by Gasteiger charge is 2.45. The molecule has 0 aromatic heterocycles. The number of nitrogens with zero attached hydrogens (tertiary/aromatic N) is 1. The van der Waals surface area contributed by atoms with Crippen LogP contribution >= 0.6 is 11.6 Å². The minimum atomic E-state index is -4.00. The van der Waals surface area contributed by atoms with Crippen LogP contribution in [-0.4, -0.2) is 80.2 Å². The van der Waals surface area contributed by atoms with Crippen molar-refractivity contribution in [3.05, 3.63) is 0 Å². The Balaban J connectivity index is 1.60. The van der Waals surface area contributed by atoms with Gasteiger partial charge in [-0.05, 0) is 45.2 Å². The summed E-state index contributed by atoms with van der Waals surface area (Å²) in [5.74, 6) is -1.75. The SMILES string of the molecule is CN1CNC(C2CC(Cl)C(F)C(C(=O)NNS(=O)(=O)C3CCCNC3O)C2)C1. The molecule has 2 aliphatic heterocycles. The number of hydrogen-bond donors (Lipinski definition) is 5. The number of aliphatic hydroxyl groups excluding tert-OH is 1. The molecule has 0 aromatic carbocycles. The van der Waals surface area contributed by atoms with Gasteiger partial charge in [0.25, 0.3) is 0 Å². The molecule has 3 rings (SSSR count). The number of nitrogens with one attached hydrogen (secondary N) is 4. The van der Waals surface area contributed by atoms with Gasteiger partial charge in [0.2, 0.25) is 15.9 Å². The fourth-order valence-corrected chi connectivity index (χ4v) is 6.03. The summed E-state index contributed by atoms with van der Waals surface area (Å²) in [5, 5.41) is 14.0. The number of rotatable bonds is 5. The number of hydrazine groups is 1. The molecule has 7 unspecified atom stereocenters. The topological polar surface area (TPSA) is 123 Å².